The number of guanidine groups is 1. The van der Waals surface area contributed by atoms with Crippen LogP contribution in [0.4, 0.5) is 13.2 Å². The molecule has 0 radical (unpaired) electrons. The van der Waals surface area contributed by atoms with Crippen LogP contribution in [0.1, 0.15) is 20.8 Å². The van der Waals surface area contributed by atoms with Gasteiger partial charge in [0.2, 0.25) is 0 Å². The van der Waals surface area contributed by atoms with Crippen LogP contribution in [0.3, 0.4) is 0 Å². The van der Waals surface area contributed by atoms with E-state index in [1.807, 2.05) is 28.8 Å². The number of aliphatic imine (C=N–C) groups is 1. The lowest BCUT2D eigenvalue weighted by atomic mass is 10.2. The lowest BCUT2D eigenvalue weighted by Gasteiger charge is -2.39. The quantitative estimate of drug-likeness (QED) is 0.612. The van der Waals surface area contributed by atoms with E-state index in [2.05, 4.69) is 22.3 Å². The normalized spacial score (nSPS) is 19.5. The Kier molecular flexibility index (Phi) is 7.31. The van der Waals surface area contributed by atoms with E-state index in [0.717, 1.165) is 19.0 Å². The van der Waals surface area contributed by atoms with Crippen molar-refractivity contribution in [2.24, 2.45) is 10.9 Å². The Labute approximate surface area is 153 Å². The molecule has 1 aliphatic rings. The fraction of sp³-hybridized carbons (Fsp3) is 0.765. The van der Waals surface area contributed by atoms with Gasteiger partial charge in [0, 0.05) is 58.2 Å². The van der Waals surface area contributed by atoms with Crippen molar-refractivity contribution in [1.29, 1.82) is 0 Å². The van der Waals surface area contributed by atoms with Gasteiger partial charge < -0.3 is 10.2 Å². The van der Waals surface area contributed by atoms with Crippen molar-refractivity contribution in [2.75, 3.05) is 39.3 Å². The summed E-state index contributed by atoms with van der Waals surface area (Å²) >= 11 is 0. The molecule has 1 N–H and O–H groups in total. The third-order valence-electron chi connectivity index (χ3n) is 4.58. The molecule has 26 heavy (non-hydrogen) atoms. The van der Waals surface area contributed by atoms with E-state index < -0.39 is 12.2 Å². The van der Waals surface area contributed by atoms with Crippen LogP contribution >= 0.6 is 0 Å². The number of nitrogens with one attached hydrogen (secondary N) is 1. The summed E-state index contributed by atoms with van der Waals surface area (Å²) in [5, 5.41) is 7.45. The number of hydrogen-bond donors (Lipinski definition) is 1. The van der Waals surface area contributed by atoms with Gasteiger partial charge in [0.05, 0.1) is 0 Å². The molecule has 2 heterocycles. The number of aromatic nitrogens is 2. The first-order chi connectivity index (χ1) is 12.3. The van der Waals surface area contributed by atoms with Crippen LogP contribution < -0.4 is 5.32 Å². The molecule has 0 aliphatic carbocycles. The molecule has 2 unspecified atom stereocenters. The largest absolute Gasteiger partial charge is 0.403 e. The molecule has 148 valence electrons. The molecule has 1 aliphatic heterocycles. The molecule has 9 heteroatoms. The van der Waals surface area contributed by atoms with Gasteiger partial charge in [0.25, 0.3) is 0 Å². The van der Waals surface area contributed by atoms with Gasteiger partial charge in [-0.2, -0.15) is 18.3 Å². The summed E-state index contributed by atoms with van der Waals surface area (Å²) in [6, 6.07) is 0.486. The minimum atomic E-state index is -4.18. The average molecular weight is 374 g/mol. The van der Waals surface area contributed by atoms with Crippen molar-refractivity contribution >= 4 is 5.96 Å². The third kappa shape index (κ3) is 5.89. The Bertz CT molecular complexity index is 549. The van der Waals surface area contributed by atoms with Gasteiger partial charge in [-0.3, -0.25) is 14.6 Å². The molecule has 0 spiro atoms. The van der Waals surface area contributed by atoms with Gasteiger partial charge >= 0.3 is 6.18 Å². The molecule has 2 rings (SSSR count). The van der Waals surface area contributed by atoms with Crippen molar-refractivity contribution in [3.63, 3.8) is 0 Å². The topological polar surface area (TPSA) is 48.7 Å². The Hall–Kier alpha value is -1.77. The molecule has 1 aromatic heterocycles. The summed E-state index contributed by atoms with van der Waals surface area (Å²) in [6.45, 7) is 9.33. The predicted octanol–water partition coefficient (Wildman–Crippen LogP) is 2.05. The van der Waals surface area contributed by atoms with Gasteiger partial charge in [-0.05, 0) is 25.8 Å². The minimum absolute atomic E-state index is 0.315. The first-order valence-corrected chi connectivity index (χ1v) is 9.12. The number of rotatable bonds is 6. The van der Waals surface area contributed by atoms with Gasteiger partial charge in [-0.25, -0.2) is 0 Å². The Morgan fingerprint density at radius 3 is 2.46 bits per heavy atom. The minimum Gasteiger partial charge on any atom is -0.357 e. The van der Waals surface area contributed by atoms with E-state index in [9.17, 15) is 13.2 Å². The number of alkyl halides is 3. The van der Waals surface area contributed by atoms with Crippen molar-refractivity contribution in [3.05, 3.63) is 18.5 Å². The smallest absolute Gasteiger partial charge is 0.357 e. The van der Waals surface area contributed by atoms with E-state index in [1.54, 1.807) is 6.20 Å². The average Bonchev–Trinajstić information content (AvgIpc) is 3.10. The lowest BCUT2D eigenvalue weighted by Crippen LogP contribution is -2.56. The highest BCUT2D eigenvalue weighted by atomic mass is 19.4. The molecule has 1 saturated heterocycles. The zero-order valence-corrected chi connectivity index (χ0v) is 15.7. The van der Waals surface area contributed by atoms with Crippen LogP contribution in [0, 0.1) is 5.92 Å². The second-order valence-electron chi connectivity index (χ2n) is 6.77. The number of hydrogen-bond acceptors (Lipinski definition) is 3. The fourth-order valence-corrected chi connectivity index (χ4v) is 2.98. The van der Waals surface area contributed by atoms with Crippen LogP contribution in [0.15, 0.2) is 23.5 Å². The van der Waals surface area contributed by atoms with Gasteiger partial charge in [0.15, 0.2) is 5.96 Å². The number of piperazine rings is 1. The zero-order chi connectivity index (χ0) is 19.2. The van der Waals surface area contributed by atoms with Crippen molar-refractivity contribution in [3.8, 4) is 0 Å². The van der Waals surface area contributed by atoms with Crippen molar-refractivity contribution < 1.29 is 13.2 Å². The molecule has 1 fully saturated rings. The van der Waals surface area contributed by atoms with Gasteiger partial charge in [0.1, 0.15) is 6.04 Å². The molecule has 0 saturated carbocycles. The summed E-state index contributed by atoms with van der Waals surface area (Å²) in [4.78, 5) is 8.22. The Morgan fingerprint density at radius 2 is 1.92 bits per heavy atom. The summed E-state index contributed by atoms with van der Waals surface area (Å²) in [7, 11) is 0. The highest BCUT2D eigenvalue weighted by Crippen LogP contribution is 2.25. The van der Waals surface area contributed by atoms with Gasteiger partial charge in [-0.1, -0.05) is 6.92 Å². The summed E-state index contributed by atoms with van der Waals surface area (Å²) in [5.74, 6) is 1.09. The molecule has 0 amide bonds. The van der Waals surface area contributed by atoms with E-state index in [4.69, 9.17) is 0 Å². The van der Waals surface area contributed by atoms with E-state index in [0.29, 0.717) is 38.6 Å². The van der Waals surface area contributed by atoms with Crippen molar-refractivity contribution in [2.45, 2.75) is 39.5 Å². The monoisotopic (exact) mass is 374 g/mol. The van der Waals surface area contributed by atoms with Crippen molar-refractivity contribution in [1.82, 2.24) is 24.9 Å². The predicted molar refractivity (Wildman–Crippen MR) is 96.0 cm³/mol. The standard InChI is InChI=1S/C17H29F3N6/c1-4-21-16(22-12-14(2)13-26-7-5-6-23-26)25-10-8-24(9-11-25)15(3)17(18,19)20/h5-7,14-15H,4,8-13H2,1-3H3,(H,21,22). The second-order valence-corrected chi connectivity index (χ2v) is 6.77. The maximum absolute atomic E-state index is 12.9. The van der Waals surface area contributed by atoms with E-state index >= 15 is 0 Å². The summed E-state index contributed by atoms with van der Waals surface area (Å²) in [5.41, 5.74) is 0. The second kappa shape index (κ2) is 9.25. The molecule has 0 bridgehead atoms. The SMILES string of the molecule is CCNC(=NCC(C)Cn1cccn1)N1CCN(C(C)C(F)(F)F)CC1. The number of nitrogens with zero attached hydrogens (tertiary/aromatic N) is 5. The van der Waals surface area contributed by atoms with Crippen LogP contribution in [-0.4, -0.2) is 77.0 Å². The van der Waals surface area contributed by atoms with Crippen LogP contribution in [0.2, 0.25) is 0 Å². The maximum Gasteiger partial charge on any atom is 0.403 e. The third-order valence-corrected chi connectivity index (χ3v) is 4.58. The first-order valence-electron chi connectivity index (χ1n) is 9.12. The van der Waals surface area contributed by atoms with Gasteiger partial charge in [-0.15, -0.1) is 0 Å². The Morgan fingerprint density at radius 1 is 1.23 bits per heavy atom. The molecule has 2 atom stereocenters. The highest BCUT2D eigenvalue weighted by molar-refractivity contribution is 5.80. The molecular formula is C17H29F3N6. The highest BCUT2D eigenvalue weighted by Gasteiger charge is 2.41. The molecular weight excluding hydrogens is 345 g/mol. The maximum atomic E-state index is 12.9. The first kappa shape index (κ1) is 20.5. The summed E-state index contributed by atoms with van der Waals surface area (Å²) < 4.78 is 40.5. The molecule has 0 aromatic carbocycles. The molecule has 1 aromatic rings. The van der Waals surface area contributed by atoms with Crippen LogP contribution in [-0.2, 0) is 6.54 Å². The number of halogens is 3. The Balaban J connectivity index is 1.89. The summed E-state index contributed by atoms with van der Waals surface area (Å²) in [6.07, 6.45) is -0.503. The zero-order valence-electron chi connectivity index (χ0n) is 15.7. The van der Waals surface area contributed by atoms with Crippen LogP contribution in [0.5, 0.6) is 0 Å². The van der Waals surface area contributed by atoms with Crippen LogP contribution in [0.25, 0.3) is 0 Å². The van der Waals surface area contributed by atoms with E-state index in [-0.39, 0.29) is 0 Å². The van der Waals surface area contributed by atoms with E-state index in [1.165, 1.54) is 11.8 Å². The molecule has 6 nitrogen and oxygen atoms in total. The fourth-order valence-electron chi connectivity index (χ4n) is 2.98. The lowest BCUT2D eigenvalue weighted by molar-refractivity contribution is -0.181.